The molecule has 0 aliphatic heterocycles. The summed E-state index contributed by atoms with van der Waals surface area (Å²) in [6, 6.07) is 9.39. The van der Waals surface area contributed by atoms with E-state index in [1.165, 1.54) is 0 Å². The number of hydrogen-bond donors (Lipinski definition) is 0. The van der Waals surface area contributed by atoms with Gasteiger partial charge in [0.25, 0.3) is 0 Å². The van der Waals surface area contributed by atoms with Crippen LogP contribution < -0.4 is 18.9 Å². The molecule has 0 N–H and O–H groups in total. The number of halogens is 1. The molecule has 0 aromatic heterocycles. The largest absolute Gasteiger partial charge is 0.497 e. The summed E-state index contributed by atoms with van der Waals surface area (Å²) in [5.41, 5.74) is 1.74. The zero-order valence-corrected chi connectivity index (χ0v) is 14.0. The van der Waals surface area contributed by atoms with Gasteiger partial charge in [-0.05, 0) is 46.3 Å². The molecule has 0 fully saturated rings. The van der Waals surface area contributed by atoms with Gasteiger partial charge in [0.15, 0.2) is 0 Å². The number of hydrogen-bond acceptors (Lipinski definition) is 4. The van der Waals surface area contributed by atoms with E-state index < -0.39 is 0 Å². The number of methoxy groups -OCH3 is 4. The fourth-order valence-corrected chi connectivity index (χ4v) is 2.58. The lowest BCUT2D eigenvalue weighted by Crippen LogP contribution is -1.95. The molecular weight excluding hydrogens is 336 g/mol. The first kappa shape index (κ1) is 15.5. The lowest BCUT2D eigenvalue weighted by Gasteiger charge is -2.15. The minimum Gasteiger partial charge on any atom is -0.497 e. The van der Waals surface area contributed by atoms with Crippen molar-refractivity contribution in [1.29, 1.82) is 0 Å². The Balaban J connectivity index is 2.69. The zero-order chi connectivity index (χ0) is 15.4. The van der Waals surface area contributed by atoms with Gasteiger partial charge in [0.05, 0.1) is 32.9 Å². The molecule has 0 aliphatic rings. The second kappa shape index (κ2) is 6.72. The van der Waals surface area contributed by atoms with E-state index in [4.69, 9.17) is 18.9 Å². The monoisotopic (exact) mass is 352 g/mol. The Labute approximate surface area is 132 Å². The van der Waals surface area contributed by atoms with E-state index in [2.05, 4.69) is 15.9 Å². The second-order valence-electron chi connectivity index (χ2n) is 4.25. The van der Waals surface area contributed by atoms with E-state index in [1.807, 2.05) is 30.3 Å². The maximum atomic E-state index is 5.47. The molecular formula is C16H17BrO4. The minimum atomic E-state index is 0.717. The van der Waals surface area contributed by atoms with Gasteiger partial charge in [-0.1, -0.05) is 0 Å². The van der Waals surface area contributed by atoms with Crippen LogP contribution in [0, 0.1) is 0 Å². The van der Waals surface area contributed by atoms with Crippen LogP contribution in [0.15, 0.2) is 34.8 Å². The average molecular weight is 353 g/mol. The third-order valence-electron chi connectivity index (χ3n) is 3.17. The Morgan fingerprint density at radius 3 is 1.86 bits per heavy atom. The molecule has 0 radical (unpaired) electrons. The summed E-state index contributed by atoms with van der Waals surface area (Å²) in [5, 5.41) is 0. The summed E-state index contributed by atoms with van der Waals surface area (Å²) in [6.45, 7) is 0. The van der Waals surface area contributed by atoms with Crippen molar-refractivity contribution in [2.75, 3.05) is 28.4 Å². The molecule has 0 saturated carbocycles. The summed E-state index contributed by atoms with van der Waals surface area (Å²) in [4.78, 5) is 0. The summed E-state index contributed by atoms with van der Waals surface area (Å²) < 4.78 is 22.4. The summed E-state index contributed by atoms with van der Waals surface area (Å²) in [5.74, 6) is 2.91. The summed E-state index contributed by atoms with van der Waals surface area (Å²) >= 11 is 3.46. The van der Waals surface area contributed by atoms with Crippen LogP contribution in [0.4, 0.5) is 0 Å². The van der Waals surface area contributed by atoms with Gasteiger partial charge in [0, 0.05) is 11.1 Å². The Hall–Kier alpha value is -1.88. The van der Waals surface area contributed by atoms with Crippen LogP contribution in [0.2, 0.25) is 0 Å². The van der Waals surface area contributed by atoms with Gasteiger partial charge in [0.1, 0.15) is 23.0 Å². The SMILES string of the molecule is COc1ccc(OC)c(-c2cc(OC)c(Br)cc2OC)c1. The van der Waals surface area contributed by atoms with Crippen LogP contribution in [0.3, 0.4) is 0 Å². The molecule has 5 heteroatoms. The van der Waals surface area contributed by atoms with Crippen LogP contribution in [-0.2, 0) is 0 Å². The van der Waals surface area contributed by atoms with E-state index >= 15 is 0 Å². The molecule has 4 nitrogen and oxygen atoms in total. The number of ether oxygens (including phenoxy) is 4. The third kappa shape index (κ3) is 3.08. The first-order chi connectivity index (χ1) is 10.1. The fraction of sp³-hybridized carbons (Fsp3) is 0.250. The summed E-state index contributed by atoms with van der Waals surface area (Å²) in [7, 11) is 6.52. The molecule has 2 rings (SSSR count). The minimum absolute atomic E-state index is 0.717. The first-order valence-corrected chi connectivity index (χ1v) is 7.07. The van der Waals surface area contributed by atoms with Gasteiger partial charge in [0.2, 0.25) is 0 Å². The molecule has 0 amide bonds. The Bertz CT molecular complexity index is 640. The molecule has 0 bridgehead atoms. The molecule has 112 valence electrons. The van der Waals surface area contributed by atoms with E-state index in [0.717, 1.165) is 32.8 Å². The molecule has 0 unspecified atom stereocenters. The highest BCUT2D eigenvalue weighted by molar-refractivity contribution is 9.10. The fourth-order valence-electron chi connectivity index (χ4n) is 2.10. The molecule has 2 aromatic rings. The van der Waals surface area contributed by atoms with Crippen LogP contribution in [0.5, 0.6) is 23.0 Å². The van der Waals surface area contributed by atoms with E-state index in [-0.39, 0.29) is 0 Å². The van der Waals surface area contributed by atoms with E-state index in [9.17, 15) is 0 Å². The van der Waals surface area contributed by atoms with Crippen molar-refractivity contribution in [3.63, 3.8) is 0 Å². The van der Waals surface area contributed by atoms with Crippen LogP contribution in [-0.4, -0.2) is 28.4 Å². The lowest BCUT2D eigenvalue weighted by atomic mass is 10.0. The molecule has 21 heavy (non-hydrogen) atoms. The van der Waals surface area contributed by atoms with Gasteiger partial charge in [-0.15, -0.1) is 0 Å². The van der Waals surface area contributed by atoms with Gasteiger partial charge in [-0.3, -0.25) is 0 Å². The van der Waals surface area contributed by atoms with Crippen LogP contribution in [0.1, 0.15) is 0 Å². The maximum Gasteiger partial charge on any atom is 0.133 e. The number of rotatable bonds is 5. The van der Waals surface area contributed by atoms with Crippen molar-refractivity contribution in [2.45, 2.75) is 0 Å². The van der Waals surface area contributed by atoms with Crippen LogP contribution >= 0.6 is 15.9 Å². The molecule has 0 heterocycles. The average Bonchev–Trinajstić information content (AvgIpc) is 2.53. The molecule has 0 aliphatic carbocycles. The molecule has 0 atom stereocenters. The zero-order valence-electron chi connectivity index (χ0n) is 12.4. The standard InChI is InChI=1S/C16H17BrO4/c1-18-10-5-6-14(19-2)11(7-10)12-8-16(21-4)13(17)9-15(12)20-3/h5-9H,1-4H3. The Morgan fingerprint density at radius 1 is 0.667 bits per heavy atom. The van der Waals surface area contributed by atoms with E-state index in [1.54, 1.807) is 28.4 Å². The molecule has 2 aromatic carbocycles. The highest BCUT2D eigenvalue weighted by Crippen LogP contribution is 2.43. The smallest absolute Gasteiger partial charge is 0.133 e. The second-order valence-corrected chi connectivity index (χ2v) is 5.11. The molecule has 0 saturated heterocycles. The lowest BCUT2D eigenvalue weighted by molar-refractivity contribution is 0.398. The topological polar surface area (TPSA) is 36.9 Å². The maximum absolute atomic E-state index is 5.47. The van der Waals surface area contributed by atoms with Gasteiger partial charge >= 0.3 is 0 Å². The normalized spacial score (nSPS) is 10.1. The predicted octanol–water partition coefficient (Wildman–Crippen LogP) is 4.15. The Kier molecular flexibility index (Phi) is 4.96. The van der Waals surface area contributed by atoms with Crippen molar-refractivity contribution in [1.82, 2.24) is 0 Å². The highest BCUT2D eigenvalue weighted by atomic mass is 79.9. The number of benzene rings is 2. The first-order valence-electron chi connectivity index (χ1n) is 6.28. The summed E-state index contributed by atoms with van der Waals surface area (Å²) in [6.07, 6.45) is 0. The third-order valence-corrected chi connectivity index (χ3v) is 3.79. The van der Waals surface area contributed by atoms with Gasteiger partial charge in [-0.2, -0.15) is 0 Å². The van der Waals surface area contributed by atoms with Gasteiger partial charge in [-0.25, -0.2) is 0 Å². The van der Waals surface area contributed by atoms with Crippen molar-refractivity contribution in [3.8, 4) is 34.1 Å². The Morgan fingerprint density at radius 2 is 1.29 bits per heavy atom. The highest BCUT2D eigenvalue weighted by Gasteiger charge is 2.16. The van der Waals surface area contributed by atoms with Gasteiger partial charge < -0.3 is 18.9 Å². The van der Waals surface area contributed by atoms with Crippen molar-refractivity contribution >= 4 is 15.9 Å². The van der Waals surface area contributed by atoms with E-state index in [0.29, 0.717) is 5.75 Å². The van der Waals surface area contributed by atoms with Crippen molar-refractivity contribution in [3.05, 3.63) is 34.8 Å². The quantitative estimate of drug-likeness (QED) is 0.809. The van der Waals surface area contributed by atoms with Crippen LogP contribution in [0.25, 0.3) is 11.1 Å². The molecule has 0 spiro atoms. The van der Waals surface area contributed by atoms with Crippen molar-refractivity contribution in [2.24, 2.45) is 0 Å². The predicted molar refractivity (Wildman–Crippen MR) is 85.8 cm³/mol. The van der Waals surface area contributed by atoms with Crippen molar-refractivity contribution < 1.29 is 18.9 Å².